The van der Waals surface area contributed by atoms with Crippen molar-refractivity contribution in [1.29, 1.82) is 0 Å². The number of rotatable bonds is 8. The van der Waals surface area contributed by atoms with E-state index in [1.54, 1.807) is 6.07 Å². The van der Waals surface area contributed by atoms with Crippen LogP contribution in [0.25, 0.3) is 0 Å². The van der Waals surface area contributed by atoms with Crippen molar-refractivity contribution in [3.63, 3.8) is 0 Å². The van der Waals surface area contributed by atoms with Crippen molar-refractivity contribution in [2.24, 2.45) is 5.73 Å². The predicted octanol–water partition coefficient (Wildman–Crippen LogP) is 6.20. The van der Waals surface area contributed by atoms with E-state index in [0.717, 1.165) is 37.7 Å². The van der Waals surface area contributed by atoms with E-state index in [1.165, 1.54) is 29.6 Å². The number of carbonyl (C=O) groups excluding carboxylic acids is 1. The third-order valence-corrected chi connectivity index (χ3v) is 6.94. The van der Waals surface area contributed by atoms with E-state index in [1.807, 2.05) is 18.2 Å². The van der Waals surface area contributed by atoms with Crippen molar-refractivity contribution in [2.45, 2.75) is 25.3 Å². The molecule has 1 saturated heterocycles. The number of nitrogens with two attached hydrogens (primary N) is 1. The quantitative estimate of drug-likeness (QED) is 0.261. The number of hydrogen-bond donors (Lipinski definition) is 3. The topological polar surface area (TPSA) is 83.3 Å². The molecule has 1 amide bonds. The molecule has 8 heteroatoms. The number of amides is 1. The highest BCUT2D eigenvalue weighted by Gasteiger charge is 2.21. The van der Waals surface area contributed by atoms with Gasteiger partial charge in [0.1, 0.15) is 5.82 Å². The Morgan fingerprint density at radius 3 is 2.42 bits per heavy atom. The Morgan fingerprint density at radius 2 is 1.71 bits per heavy atom. The normalized spacial score (nSPS) is 13.8. The van der Waals surface area contributed by atoms with Crippen LogP contribution < -0.4 is 21.3 Å². The molecule has 194 valence electrons. The lowest BCUT2D eigenvalue weighted by atomic mass is 9.89. The molecule has 0 aliphatic carbocycles. The molecule has 0 saturated carbocycles. The van der Waals surface area contributed by atoms with E-state index in [4.69, 9.17) is 5.73 Å². The highest BCUT2D eigenvalue weighted by molar-refractivity contribution is 5.98. The Hall–Kier alpha value is -4.46. The van der Waals surface area contributed by atoms with Gasteiger partial charge in [0.15, 0.2) is 11.6 Å². The smallest absolute Gasteiger partial charge is 0.252 e. The number of benzene rings is 3. The predicted molar refractivity (Wildman–Crippen MR) is 147 cm³/mol. The summed E-state index contributed by atoms with van der Waals surface area (Å²) >= 11 is 0. The van der Waals surface area contributed by atoms with E-state index in [9.17, 15) is 13.6 Å². The maximum atomic E-state index is 14.1. The van der Waals surface area contributed by atoms with Gasteiger partial charge in [0, 0.05) is 48.8 Å². The lowest BCUT2D eigenvalue weighted by Crippen LogP contribution is -2.32. The molecule has 1 aliphatic heterocycles. The summed E-state index contributed by atoms with van der Waals surface area (Å²) in [7, 11) is 0. The highest BCUT2D eigenvalue weighted by Crippen LogP contribution is 2.31. The van der Waals surface area contributed by atoms with Crippen molar-refractivity contribution in [3.05, 3.63) is 113 Å². The largest absolute Gasteiger partial charge is 0.380 e. The Morgan fingerprint density at radius 1 is 0.974 bits per heavy atom. The standard InChI is InChI=1S/C30H29F2N5O/c31-26-8-4-5-22(29(26)32)18-34-27-17-28(35-19-25(27)30(33)38)36-23-11-9-20(10-12-23)21-13-15-37(16-14-21)24-6-2-1-3-7-24/h1-12,17,19,21H,13-16,18H2,(H2,33,38)(H2,34,35,36). The maximum Gasteiger partial charge on any atom is 0.252 e. The van der Waals surface area contributed by atoms with E-state index in [2.05, 4.69) is 56.9 Å². The number of hydrogen-bond acceptors (Lipinski definition) is 5. The molecular weight excluding hydrogens is 484 g/mol. The van der Waals surface area contributed by atoms with Crippen LogP contribution in [0.2, 0.25) is 0 Å². The molecule has 2 heterocycles. The molecule has 0 spiro atoms. The van der Waals surface area contributed by atoms with Gasteiger partial charge in [-0.05, 0) is 54.7 Å². The van der Waals surface area contributed by atoms with Crippen LogP contribution in [0, 0.1) is 11.6 Å². The van der Waals surface area contributed by atoms with Crippen molar-refractivity contribution in [3.8, 4) is 0 Å². The highest BCUT2D eigenvalue weighted by atomic mass is 19.2. The molecule has 1 aliphatic rings. The zero-order valence-electron chi connectivity index (χ0n) is 20.8. The summed E-state index contributed by atoms with van der Waals surface area (Å²) in [6.07, 6.45) is 3.56. The summed E-state index contributed by atoms with van der Waals surface area (Å²) in [5, 5.41) is 6.22. The fourth-order valence-corrected chi connectivity index (χ4v) is 4.84. The van der Waals surface area contributed by atoms with Gasteiger partial charge in [0.25, 0.3) is 5.91 Å². The van der Waals surface area contributed by atoms with Crippen LogP contribution in [0.4, 0.5) is 31.7 Å². The van der Waals surface area contributed by atoms with Gasteiger partial charge in [0.2, 0.25) is 0 Å². The van der Waals surface area contributed by atoms with Gasteiger partial charge in [0.05, 0.1) is 11.3 Å². The molecule has 6 nitrogen and oxygen atoms in total. The van der Waals surface area contributed by atoms with Gasteiger partial charge in [-0.1, -0.05) is 42.5 Å². The van der Waals surface area contributed by atoms with Crippen LogP contribution in [0.5, 0.6) is 0 Å². The Balaban J connectivity index is 1.24. The minimum absolute atomic E-state index is 0.0227. The van der Waals surface area contributed by atoms with Crippen LogP contribution in [-0.4, -0.2) is 24.0 Å². The number of primary amides is 1. The number of pyridine rings is 1. The molecule has 0 atom stereocenters. The van der Waals surface area contributed by atoms with Crippen LogP contribution in [-0.2, 0) is 6.54 Å². The van der Waals surface area contributed by atoms with Gasteiger partial charge in [-0.3, -0.25) is 4.79 Å². The first-order chi connectivity index (χ1) is 18.5. The lowest BCUT2D eigenvalue weighted by molar-refractivity contribution is 0.100. The molecule has 3 aromatic carbocycles. The second kappa shape index (κ2) is 11.3. The number of aromatic nitrogens is 1. The first-order valence-corrected chi connectivity index (χ1v) is 12.6. The molecule has 5 rings (SSSR count). The number of para-hydroxylation sites is 1. The molecule has 1 fully saturated rings. The maximum absolute atomic E-state index is 14.1. The molecule has 4 N–H and O–H groups in total. The summed E-state index contributed by atoms with van der Waals surface area (Å²) in [4.78, 5) is 18.6. The van der Waals surface area contributed by atoms with Crippen molar-refractivity contribution in [1.82, 2.24) is 4.98 Å². The van der Waals surface area contributed by atoms with Gasteiger partial charge < -0.3 is 21.3 Å². The second-order valence-corrected chi connectivity index (χ2v) is 9.39. The van der Waals surface area contributed by atoms with E-state index < -0.39 is 17.5 Å². The van der Waals surface area contributed by atoms with E-state index >= 15 is 0 Å². The first-order valence-electron chi connectivity index (χ1n) is 12.6. The fourth-order valence-electron chi connectivity index (χ4n) is 4.84. The summed E-state index contributed by atoms with van der Waals surface area (Å²) in [5.74, 6) is -1.54. The Labute approximate surface area is 220 Å². The summed E-state index contributed by atoms with van der Waals surface area (Å²) in [6.45, 7) is 2.03. The monoisotopic (exact) mass is 513 g/mol. The SMILES string of the molecule is NC(=O)c1cnc(Nc2ccc(C3CCN(c4ccccc4)CC3)cc2)cc1NCc1cccc(F)c1F. The van der Waals surface area contributed by atoms with Crippen molar-refractivity contribution in [2.75, 3.05) is 28.6 Å². The molecule has 0 unspecified atom stereocenters. The first kappa shape index (κ1) is 25.2. The molecular formula is C30H29F2N5O. The number of nitrogens with zero attached hydrogens (tertiary/aromatic N) is 2. The van der Waals surface area contributed by atoms with E-state index in [-0.39, 0.29) is 17.7 Å². The fraction of sp³-hybridized carbons (Fsp3) is 0.200. The Bertz CT molecular complexity index is 1400. The summed E-state index contributed by atoms with van der Waals surface area (Å²) in [5.41, 5.74) is 9.58. The van der Waals surface area contributed by atoms with Gasteiger partial charge in [-0.2, -0.15) is 0 Å². The average molecular weight is 514 g/mol. The molecule has 4 aromatic rings. The number of piperidine rings is 1. The van der Waals surface area contributed by atoms with Gasteiger partial charge >= 0.3 is 0 Å². The lowest BCUT2D eigenvalue weighted by Gasteiger charge is -2.34. The Kier molecular flexibility index (Phi) is 7.49. The zero-order valence-corrected chi connectivity index (χ0v) is 20.8. The molecule has 0 radical (unpaired) electrons. The van der Waals surface area contributed by atoms with Crippen molar-refractivity contribution < 1.29 is 13.6 Å². The average Bonchev–Trinajstić information content (AvgIpc) is 2.95. The van der Waals surface area contributed by atoms with Gasteiger partial charge in [-0.15, -0.1) is 0 Å². The molecule has 0 bridgehead atoms. The summed E-state index contributed by atoms with van der Waals surface area (Å²) in [6, 6.07) is 24.4. The van der Waals surface area contributed by atoms with Crippen LogP contribution in [0.1, 0.15) is 40.2 Å². The minimum Gasteiger partial charge on any atom is -0.380 e. The molecule has 1 aromatic heterocycles. The number of halogens is 2. The third-order valence-electron chi connectivity index (χ3n) is 6.94. The van der Waals surface area contributed by atoms with Crippen LogP contribution in [0.3, 0.4) is 0 Å². The zero-order chi connectivity index (χ0) is 26.5. The van der Waals surface area contributed by atoms with E-state index in [0.29, 0.717) is 17.4 Å². The van der Waals surface area contributed by atoms with Crippen LogP contribution >= 0.6 is 0 Å². The second-order valence-electron chi connectivity index (χ2n) is 9.39. The number of nitrogens with one attached hydrogen (secondary N) is 2. The number of carbonyl (C=O) groups is 1. The third kappa shape index (κ3) is 5.75. The minimum atomic E-state index is -0.932. The number of anilines is 4. The molecule has 38 heavy (non-hydrogen) atoms. The van der Waals surface area contributed by atoms with Crippen LogP contribution in [0.15, 0.2) is 85.1 Å². The van der Waals surface area contributed by atoms with Gasteiger partial charge in [-0.25, -0.2) is 13.8 Å². The summed E-state index contributed by atoms with van der Waals surface area (Å²) < 4.78 is 27.6. The van der Waals surface area contributed by atoms with Crippen molar-refractivity contribution >= 4 is 28.8 Å².